The Bertz CT molecular complexity index is 526. The molecule has 1 atom stereocenters. The fourth-order valence-electron chi connectivity index (χ4n) is 2.01. The lowest BCUT2D eigenvalue weighted by atomic mass is 9.99. The average Bonchev–Trinajstić information content (AvgIpc) is 2.35. The molecule has 0 N–H and O–H groups in total. The van der Waals surface area contributed by atoms with Gasteiger partial charge in [-0.05, 0) is 49.4 Å². The van der Waals surface area contributed by atoms with E-state index in [9.17, 15) is 0 Å². The zero-order chi connectivity index (χ0) is 13.1. The lowest BCUT2D eigenvalue weighted by Crippen LogP contribution is -1.97. The topological polar surface area (TPSA) is 0 Å². The number of aryl methyl sites for hydroxylation is 3. The molecule has 0 aromatic heterocycles. The largest absolute Gasteiger partial charge is 0.117 e. The molecule has 0 aliphatic rings. The van der Waals surface area contributed by atoms with Gasteiger partial charge in [0.2, 0.25) is 0 Å². The lowest BCUT2D eigenvalue weighted by molar-refractivity contribution is 0.916. The van der Waals surface area contributed by atoms with Gasteiger partial charge >= 0.3 is 0 Å². The lowest BCUT2D eigenvalue weighted by Gasteiger charge is -2.12. The van der Waals surface area contributed by atoms with E-state index in [-0.39, 0.29) is 5.38 Å². The molecule has 1 unspecified atom stereocenters. The molecule has 0 amide bonds. The number of hydrogen-bond donors (Lipinski definition) is 0. The SMILES string of the molecule is Cc1ccc(CC(Cl)c2ccc(C)c(C)c2)cc1. The Balaban J connectivity index is 2.13. The van der Waals surface area contributed by atoms with Crippen molar-refractivity contribution < 1.29 is 0 Å². The zero-order valence-electron chi connectivity index (χ0n) is 11.2. The Morgan fingerprint density at radius 3 is 2.17 bits per heavy atom. The first-order valence-corrected chi connectivity index (χ1v) is 6.76. The third kappa shape index (κ3) is 3.14. The minimum atomic E-state index is 0.0482. The summed E-state index contributed by atoms with van der Waals surface area (Å²) < 4.78 is 0. The van der Waals surface area contributed by atoms with Gasteiger partial charge < -0.3 is 0 Å². The quantitative estimate of drug-likeness (QED) is 0.669. The molecule has 1 heteroatoms. The predicted octanol–water partition coefficient (Wildman–Crippen LogP) is 5.13. The summed E-state index contributed by atoms with van der Waals surface area (Å²) in [6, 6.07) is 15.1. The van der Waals surface area contributed by atoms with Crippen LogP contribution in [0.25, 0.3) is 0 Å². The van der Waals surface area contributed by atoms with Crippen LogP contribution in [0, 0.1) is 20.8 Å². The second-order valence-electron chi connectivity index (χ2n) is 5.00. The van der Waals surface area contributed by atoms with Crippen molar-refractivity contribution in [1.82, 2.24) is 0 Å². The number of benzene rings is 2. The molecular formula is C17H19Cl. The molecule has 18 heavy (non-hydrogen) atoms. The van der Waals surface area contributed by atoms with E-state index in [0.717, 1.165) is 6.42 Å². The van der Waals surface area contributed by atoms with E-state index in [1.807, 2.05) is 0 Å². The predicted molar refractivity (Wildman–Crippen MR) is 79.4 cm³/mol. The summed E-state index contributed by atoms with van der Waals surface area (Å²) in [5.74, 6) is 0. The van der Waals surface area contributed by atoms with Crippen molar-refractivity contribution in [3.05, 3.63) is 70.3 Å². The van der Waals surface area contributed by atoms with E-state index < -0.39 is 0 Å². The standard InChI is InChI=1S/C17H19Cl/c1-12-4-7-15(8-5-12)11-17(18)16-9-6-13(2)14(3)10-16/h4-10,17H,11H2,1-3H3. The Labute approximate surface area is 115 Å². The van der Waals surface area contributed by atoms with Gasteiger partial charge in [0.25, 0.3) is 0 Å². The third-order valence-electron chi connectivity index (χ3n) is 3.43. The van der Waals surface area contributed by atoms with Crippen LogP contribution >= 0.6 is 11.6 Å². The molecule has 0 aliphatic carbocycles. The van der Waals surface area contributed by atoms with E-state index >= 15 is 0 Å². The normalized spacial score (nSPS) is 12.4. The summed E-state index contributed by atoms with van der Waals surface area (Å²) in [5.41, 5.74) is 6.41. The molecule has 0 radical (unpaired) electrons. The first-order valence-electron chi connectivity index (χ1n) is 6.33. The minimum Gasteiger partial charge on any atom is -0.117 e. The highest BCUT2D eigenvalue weighted by atomic mass is 35.5. The highest BCUT2D eigenvalue weighted by Gasteiger charge is 2.09. The van der Waals surface area contributed by atoms with Crippen molar-refractivity contribution in [1.29, 1.82) is 0 Å². The number of alkyl halides is 1. The molecule has 2 aromatic rings. The monoisotopic (exact) mass is 258 g/mol. The fraction of sp³-hybridized carbons (Fsp3) is 0.294. The molecule has 0 aliphatic heterocycles. The van der Waals surface area contributed by atoms with Crippen LogP contribution in [0.2, 0.25) is 0 Å². The van der Waals surface area contributed by atoms with E-state index in [2.05, 4.69) is 63.2 Å². The molecule has 2 aromatic carbocycles. The first kappa shape index (κ1) is 13.2. The highest BCUT2D eigenvalue weighted by Crippen LogP contribution is 2.26. The molecule has 0 fully saturated rings. The third-order valence-corrected chi connectivity index (χ3v) is 3.83. The summed E-state index contributed by atoms with van der Waals surface area (Å²) in [7, 11) is 0. The van der Waals surface area contributed by atoms with Crippen LogP contribution in [0.1, 0.15) is 33.2 Å². The van der Waals surface area contributed by atoms with Crippen LogP contribution in [0.15, 0.2) is 42.5 Å². The second kappa shape index (κ2) is 5.58. The Morgan fingerprint density at radius 1 is 0.889 bits per heavy atom. The summed E-state index contributed by atoms with van der Waals surface area (Å²) in [6.07, 6.45) is 0.879. The van der Waals surface area contributed by atoms with E-state index in [1.54, 1.807) is 0 Å². The molecular weight excluding hydrogens is 240 g/mol. The highest BCUT2D eigenvalue weighted by molar-refractivity contribution is 6.20. The van der Waals surface area contributed by atoms with Gasteiger partial charge in [-0.3, -0.25) is 0 Å². The number of halogens is 1. The van der Waals surface area contributed by atoms with Crippen molar-refractivity contribution in [2.75, 3.05) is 0 Å². The second-order valence-corrected chi connectivity index (χ2v) is 5.53. The van der Waals surface area contributed by atoms with Crippen LogP contribution in [-0.4, -0.2) is 0 Å². The maximum Gasteiger partial charge on any atom is 0.0625 e. The van der Waals surface area contributed by atoms with Crippen molar-refractivity contribution in [2.45, 2.75) is 32.6 Å². The van der Waals surface area contributed by atoms with Crippen LogP contribution < -0.4 is 0 Å². The van der Waals surface area contributed by atoms with Crippen LogP contribution in [0.5, 0.6) is 0 Å². The van der Waals surface area contributed by atoms with E-state index in [1.165, 1.54) is 27.8 Å². The van der Waals surface area contributed by atoms with Crippen molar-refractivity contribution in [3.63, 3.8) is 0 Å². The smallest absolute Gasteiger partial charge is 0.0625 e. The average molecular weight is 259 g/mol. The van der Waals surface area contributed by atoms with E-state index in [0.29, 0.717) is 0 Å². The van der Waals surface area contributed by atoms with Gasteiger partial charge in [-0.1, -0.05) is 48.0 Å². The van der Waals surface area contributed by atoms with Crippen molar-refractivity contribution >= 4 is 11.6 Å². The van der Waals surface area contributed by atoms with Gasteiger partial charge in [-0.2, -0.15) is 0 Å². The molecule has 0 saturated heterocycles. The summed E-state index contributed by atoms with van der Waals surface area (Å²) >= 11 is 6.50. The van der Waals surface area contributed by atoms with Crippen LogP contribution in [-0.2, 0) is 6.42 Å². The summed E-state index contributed by atoms with van der Waals surface area (Å²) in [6.45, 7) is 6.36. The maximum atomic E-state index is 6.50. The Morgan fingerprint density at radius 2 is 1.56 bits per heavy atom. The molecule has 2 rings (SSSR count). The molecule has 94 valence electrons. The van der Waals surface area contributed by atoms with E-state index in [4.69, 9.17) is 11.6 Å². The number of hydrogen-bond acceptors (Lipinski definition) is 0. The van der Waals surface area contributed by atoms with Gasteiger partial charge in [0.05, 0.1) is 5.38 Å². The Kier molecular flexibility index (Phi) is 4.08. The molecule has 0 saturated carbocycles. The minimum absolute atomic E-state index is 0.0482. The molecule has 0 bridgehead atoms. The molecule has 0 nitrogen and oxygen atoms in total. The van der Waals surface area contributed by atoms with Crippen LogP contribution in [0.3, 0.4) is 0 Å². The maximum absolute atomic E-state index is 6.50. The van der Waals surface area contributed by atoms with Gasteiger partial charge in [-0.25, -0.2) is 0 Å². The first-order chi connectivity index (χ1) is 8.56. The molecule has 0 heterocycles. The number of rotatable bonds is 3. The van der Waals surface area contributed by atoms with Gasteiger partial charge in [-0.15, -0.1) is 11.6 Å². The summed E-state index contributed by atoms with van der Waals surface area (Å²) in [4.78, 5) is 0. The molecule has 0 spiro atoms. The van der Waals surface area contributed by atoms with Crippen LogP contribution in [0.4, 0.5) is 0 Å². The van der Waals surface area contributed by atoms with Crippen molar-refractivity contribution in [3.8, 4) is 0 Å². The van der Waals surface area contributed by atoms with Gasteiger partial charge in [0.15, 0.2) is 0 Å². The Hall–Kier alpha value is -1.27. The van der Waals surface area contributed by atoms with Gasteiger partial charge in [0.1, 0.15) is 0 Å². The van der Waals surface area contributed by atoms with Crippen molar-refractivity contribution in [2.24, 2.45) is 0 Å². The summed E-state index contributed by atoms with van der Waals surface area (Å²) in [5, 5.41) is 0.0482. The van der Waals surface area contributed by atoms with Gasteiger partial charge in [0, 0.05) is 0 Å². The zero-order valence-corrected chi connectivity index (χ0v) is 12.0. The fourth-order valence-corrected chi connectivity index (χ4v) is 2.32.